The van der Waals surface area contributed by atoms with Crippen molar-refractivity contribution < 1.29 is 13.6 Å². The third-order valence-electron chi connectivity index (χ3n) is 4.93. The van der Waals surface area contributed by atoms with Crippen molar-refractivity contribution in [2.45, 2.75) is 19.3 Å². The van der Waals surface area contributed by atoms with E-state index < -0.39 is 7.60 Å². The van der Waals surface area contributed by atoms with Crippen LogP contribution in [0.15, 0.2) is 77.9 Å². The minimum atomic E-state index is -3.28. The Balaban J connectivity index is 1.91. The van der Waals surface area contributed by atoms with Crippen molar-refractivity contribution in [1.29, 1.82) is 0 Å². The van der Waals surface area contributed by atoms with Gasteiger partial charge in [0.05, 0.1) is 0 Å². The first-order chi connectivity index (χ1) is 13.1. The summed E-state index contributed by atoms with van der Waals surface area (Å²) in [5.41, 5.74) is 4.49. The van der Waals surface area contributed by atoms with Gasteiger partial charge in [-0.25, -0.2) is 0 Å². The summed E-state index contributed by atoms with van der Waals surface area (Å²) >= 11 is 0. The number of rotatable bonds is 7. The van der Waals surface area contributed by atoms with Gasteiger partial charge >= 0.3 is 7.60 Å². The van der Waals surface area contributed by atoms with Gasteiger partial charge in [-0.2, -0.15) is 0 Å². The predicted octanol–water partition coefficient (Wildman–Crippen LogP) is 5.34. The highest BCUT2D eigenvalue weighted by Crippen LogP contribution is 2.58. The summed E-state index contributed by atoms with van der Waals surface area (Å²) in [5.74, 6) is -0.386. The van der Waals surface area contributed by atoms with Crippen LogP contribution in [0.4, 0.5) is 0 Å². The average Bonchev–Trinajstić information content (AvgIpc) is 3.03. The summed E-state index contributed by atoms with van der Waals surface area (Å²) in [5, 5.41) is 0. The van der Waals surface area contributed by atoms with Gasteiger partial charge in [-0.15, -0.1) is 0 Å². The van der Waals surface area contributed by atoms with Crippen molar-refractivity contribution in [3.05, 3.63) is 89.0 Å². The summed E-state index contributed by atoms with van der Waals surface area (Å²) in [7, 11) is -0.368. The Labute approximate surface area is 161 Å². The van der Waals surface area contributed by atoms with Gasteiger partial charge in [0.2, 0.25) is 0 Å². The van der Waals surface area contributed by atoms with E-state index in [1.54, 1.807) is 0 Å². The highest BCUT2D eigenvalue weighted by atomic mass is 31.2. The molecule has 4 nitrogen and oxygen atoms in total. The standard InChI is InChI=1S/C22H26NO3P/c1-18-21(15-14-19-10-6-4-7-11-19)17-23(16-20-12-8-5-9-13-20)22(18)27(24,25-2)26-3/h4-15,22H,16-17H2,1-3H3/b15-14+. The first-order valence-electron chi connectivity index (χ1n) is 8.99. The van der Waals surface area contributed by atoms with E-state index in [1.807, 2.05) is 43.3 Å². The number of hydrogen-bond acceptors (Lipinski definition) is 4. The molecule has 0 aliphatic carbocycles. The fourth-order valence-corrected chi connectivity index (χ4v) is 5.24. The molecule has 1 heterocycles. The Morgan fingerprint density at radius 1 is 1.00 bits per heavy atom. The second-order valence-corrected chi connectivity index (χ2v) is 8.92. The summed E-state index contributed by atoms with van der Waals surface area (Å²) in [6.45, 7) is 3.40. The molecule has 0 saturated carbocycles. The van der Waals surface area contributed by atoms with Crippen LogP contribution in [0.2, 0.25) is 0 Å². The summed E-state index contributed by atoms with van der Waals surface area (Å²) < 4.78 is 23.9. The van der Waals surface area contributed by atoms with Gasteiger partial charge < -0.3 is 9.05 Å². The molecule has 0 saturated heterocycles. The van der Waals surface area contributed by atoms with Crippen LogP contribution < -0.4 is 0 Å². The molecule has 0 bridgehead atoms. The van der Waals surface area contributed by atoms with Crippen LogP contribution >= 0.6 is 7.60 Å². The predicted molar refractivity (Wildman–Crippen MR) is 110 cm³/mol. The SMILES string of the molecule is COP(=O)(OC)C1C(C)=C(/C=C/c2ccccc2)CN1Cc1ccccc1. The molecule has 0 N–H and O–H groups in total. The molecule has 1 atom stereocenters. The van der Waals surface area contributed by atoms with Gasteiger partial charge in [0, 0.05) is 27.3 Å². The van der Waals surface area contributed by atoms with E-state index in [0.29, 0.717) is 13.1 Å². The van der Waals surface area contributed by atoms with Crippen LogP contribution in [0.5, 0.6) is 0 Å². The molecule has 1 aliphatic rings. The van der Waals surface area contributed by atoms with Gasteiger partial charge in [0.25, 0.3) is 0 Å². The van der Waals surface area contributed by atoms with Gasteiger partial charge in [0.15, 0.2) is 0 Å². The van der Waals surface area contributed by atoms with E-state index in [4.69, 9.17) is 9.05 Å². The molecule has 27 heavy (non-hydrogen) atoms. The second-order valence-electron chi connectivity index (χ2n) is 6.62. The topological polar surface area (TPSA) is 38.8 Å². The lowest BCUT2D eigenvalue weighted by atomic mass is 10.1. The maximum absolute atomic E-state index is 13.2. The Morgan fingerprint density at radius 3 is 2.19 bits per heavy atom. The second kappa shape index (κ2) is 8.81. The van der Waals surface area contributed by atoms with Crippen LogP contribution in [-0.2, 0) is 20.2 Å². The van der Waals surface area contributed by atoms with Crippen molar-refractivity contribution in [3.63, 3.8) is 0 Å². The Bertz CT molecular complexity index is 854. The van der Waals surface area contributed by atoms with Crippen molar-refractivity contribution in [2.75, 3.05) is 20.8 Å². The van der Waals surface area contributed by atoms with Gasteiger partial charge in [-0.3, -0.25) is 9.46 Å². The lowest BCUT2D eigenvalue weighted by molar-refractivity contribution is 0.218. The number of hydrogen-bond donors (Lipinski definition) is 0. The van der Waals surface area contributed by atoms with E-state index in [-0.39, 0.29) is 5.78 Å². The zero-order chi connectivity index (χ0) is 19.3. The third kappa shape index (κ3) is 4.48. The van der Waals surface area contributed by atoms with Gasteiger partial charge in [-0.1, -0.05) is 72.8 Å². The minimum absolute atomic E-state index is 0.386. The molecule has 1 unspecified atom stereocenters. The lowest BCUT2D eigenvalue weighted by Gasteiger charge is -2.30. The summed E-state index contributed by atoms with van der Waals surface area (Å²) in [6, 6.07) is 20.4. The van der Waals surface area contributed by atoms with E-state index >= 15 is 0 Å². The van der Waals surface area contributed by atoms with Gasteiger partial charge in [0.1, 0.15) is 5.78 Å². The molecule has 3 rings (SSSR count). The molecule has 0 radical (unpaired) electrons. The van der Waals surface area contributed by atoms with Crippen molar-refractivity contribution in [2.24, 2.45) is 0 Å². The monoisotopic (exact) mass is 383 g/mol. The van der Waals surface area contributed by atoms with Crippen molar-refractivity contribution in [1.82, 2.24) is 4.90 Å². The number of benzene rings is 2. The smallest absolute Gasteiger partial charge is 0.311 e. The lowest BCUT2D eigenvalue weighted by Crippen LogP contribution is -2.32. The molecule has 2 aromatic carbocycles. The maximum Gasteiger partial charge on any atom is 0.351 e. The Hall–Kier alpha value is -1.97. The van der Waals surface area contributed by atoms with Crippen LogP contribution in [0.3, 0.4) is 0 Å². The molecule has 2 aromatic rings. The number of nitrogens with zero attached hydrogens (tertiary/aromatic N) is 1. The van der Waals surface area contributed by atoms with Crippen LogP contribution in [0.1, 0.15) is 18.1 Å². The molecule has 5 heteroatoms. The zero-order valence-electron chi connectivity index (χ0n) is 16.0. The van der Waals surface area contributed by atoms with Gasteiger partial charge in [-0.05, 0) is 29.2 Å². The molecule has 0 amide bonds. The van der Waals surface area contributed by atoms with E-state index in [0.717, 1.165) is 16.7 Å². The van der Waals surface area contributed by atoms with E-state index in [1.165, 1.54) is 19.8 Å². The molecule has 142 valence electrons. The van der Waals surface area contributed by atoms with E-state index in [2.05, 4.69) is 41.3 Å². The van der Waals surface area contributed by atoms with Crippen LogP contribution in [0.25, 0.3) is 6.08 Å². The molecule has 0 aromatic heterocycles. The molecule has 0 fully saturated rings. The summed E-state index contributed by atoms with van der Waals surface area (Å²) in [6.07, 6.45) is 4.20. The molecule has 1 aliphatic heterocycles. The Kier molecular flexibility index (Phi) is 6.46. The van der Waals surface area contributed by atoms with E-state index in [9.17, 15) is 4.57 Å². The van der Waals surface area contributed by atoms with Crippen molar-refractivity contribution in [3.8, 4) is 0 Å². The normalized spacial score (nSPS) is 18.6. The summed E-state index contributed by atoms with van der Waals surface area (Å²) in [4.78, 5) is 2.17. The molecule has 0 spiro atoms. The largest absolute Gasteiger partial charge is 0.351 e. The Morgan fingerprint density at radius 2 is 1.59 bits per heavy atom. The fourth-order valence-electron chi connectivity index (χ4n) is 3.49. The first-order valence-corrected chi connectivity index (χ1v) is 10.6. The first kappa shape index (κ1) is 19.8. The van der Waals surface area contributed by atoms with Crippen LogP contribution in [0, 0.1) is 0 Å². The van der Waals surface area contributed by atoms with Crippen molar-refractivity contribution >= 4 is 13.7 Å². The average molecular weight is 383 g/mol. The minimum Gasteiger partial charge on any atom is -0.311 e. The molecular formula is C22H26NO3P. The maximum atomic E-state index is 13.2. The van der Waals surface area contributed by atoms with Crippen LogP contribution in [-0.4, -0.2) is 31.4 Å². The molecular weight excluding hydrogens is 357 g/mol. The third-order valence-corrected chi connectivity index (χ3v) is 7.26. The fraction of sp³-hybridized carbons (Fsp3) is 0.273. The quantitative estimate of drug-likeness (QED) is 0.605. The highest BCUT2D eigenvalue weighted by molar-refractivity contribution is 7.54. The highest BCUT2D eigenvalue weighted by Gasteiger charge is 2.44. The zero-order valence-corrected chi connectivity index (χ0v) is 16.9.